The molecule has 0 amide bonds. The first-order valence-electron chi connectivity index (χ1n) is 9.44. The van der Waals surface area contributed by atoms with Crippen molar-refractivity contribution in [3.8, 4) is 5.75 Å². The van der Waals surface area contributed by atoms with E-state index >= 15 is 0 Å². The second kappa shape index (κ2) is 8.73. The molecule has 0 aliphatic carbocycles. The van der Waals surface area contributed by atoms with Gasteiger partial charge >= 0.3 is 0 Å². The Labute approximate surface area is 143 Å². The average molecular weight is 318 g/mol. The predicted molar refractivity (Wildman–Crippen MR) is 99.3 cm³/mol. The lowest BCUT2D eigenvalue weighted by Gasteiger charge is -2.32. The minimum atomic E-state index is 0.209. The summed E-state index contributed by atoms with van der Waals surface area (Å²) in [6.07, 6.45) is 6.65. The Hall–Kier alpha value is -1.02. The summed E-state index contributed by atoms with van der Waals surface area (Å²) in [6, 6.07) is 8.66. The molecule has 23 heavy (non-hydrogen) atoms. The van der Waals surface area contributed by atoms with E-state index in [1.165, 1.54) is 57.3 Å². The maximum atomic E-state index is 6.06. The van der Waals surface area contributed by atoms with Crippen molar-refractivity contribution >= 4 is 0 Å². The molecule has 1 heterocycles. The van der Waals surface area contributed by atoms with Crippen LogP contribution < -0.4 is 4.74 Å². The molecule has 0 aromatic heterocycles. The van der Waals surface area contributed by atoms with Crippen molar-refractivity contribution in [2.24, 2.45) is 5.92 Å². The minimum absolute atomic E-state index is 0.209. The van der Waals surface area contributed by atoms with Crippen molar-refractivity contribution in [2.45, 2.75) is 65.2 Å². The van der Waals surface area contributed by atoms with E-state index in [1.807, 2.05) is 0 Å². The topological polar surface area (TPSA) is 12.5 Å². The van der Waals surface area contributed by atoms with Crippen molar-refractivity contribution < 1.29 is 4.74 Å². The van der Waals surface area contributed by atoms with Gasteiger partial charge < -0.3 is 9.64 Å². The van der Waals surface area contributed by atoms with E-state index in [2.05, 4.69) is 56.9 Å². The molecule has 1 aromatic rings. The van der Waals surface area contributed by atoms with Gasteiger partial charge in [0.15, 0.2) is 0 Å². The van der Waals surface area contributed by atoms with E-state index in [1.54, 1.807) is 0 Å². The van der Waals surface area contributed by atoms with Crippen molar-refractivity contribution in [1.29, 1.82) is 0 Å². The molecule has 1 unspecified atom stereocenters. The summed E-state index contributed by atoms with van der Waals surface area (Å²) in [5.74, 6) is 1.70. The van der Waals surface area contributed by atoms with Crippen molar-refractivity contribution in [1.82, 2.24) is 4.90 Å². The molecule has 1 aromatic carbocycles. The number of unbranched alkanes of at least 4 members (excludes halogenated alkanes) is 2. The number of hydrogen-bond donors (Lipinski definition) is 0. The first kappa shape index (κ1) is 18.3. The van der Waals surface area contributed by atoms with Crippen LogP contribution >= 0.6 is 0 Å². The van der Waals surface area contributed by atoms with Gasteiger partial charge in [0, 0.05) is 12.5 Å². The molecule has 0 N–H and O–H groups in total. The van der Waals surface area contributed by atoms with Gasteiger partial charge in [-0.1, -0.05) is 52.7 Å². The molecule has 0 spiro atoms. The first-order chi connectivity index (χ1) is 11.0. The highest BCUT2D eigenvalue weighted by atomic mass is 16.5. The lowest BCUT2D eigenvalue weighted by atomic mass is 9.87. The molecule has 130 valence electrons. The number of hydrogen-bond acceptors (Lipinski definition) is 2. The van der Waals surface area contributed by atoms with Crippen molar-refractivity contribution in [3.05, 3.63) is 29.8 Å². The highest BCUT2D eigenvalue weighted by molar-refractivity contribution is 5.31. The van der Waals surface area contributed by atoms with Crippen LogP contribution in [0, 0.1) is 5.92 Å². The smallest absolute Gasteiger partial charge is 0.119 e. The monoisotopic (exact) mass is 317 g/mol. The Morgan fingerprint density at radius 3 is 2.52 bits per heavy atom. The molecule has 0 radical (unpaired) electrons. The zero-order valence-corrected chi connectivity index (χ0v) is 15.6. The highest BCUT2D eigenvalue weighted by Crippen LogP contribution is 2.25. The van der Waals surface area contributed by atoms with E-state index in [0.717, 1.165) is 12.4 Å². The maximum Gasteiger partial charge on any atom is 0.119 e. The molecular formula is C21H35NO. The Morgan fingerprint density at radius 1 is 1.13 bits per heavy atom. The number of likely N-dealkylation sites (tertiary alicyclic amines) is 1. The van der Waals surface area contributed by atoms with Gasteiger partial charge in [0.2, 0.25) is 0 Å². The molecular weight excluding hydrogens is 282 g/mol. The van der Waals surface area contributed by atoms with Gasteiger partial charge in [-0.05, 0) is 55.5 Å². The summed E-state index contributed by atoms with van der Waals surface area (Å²) in [6.45, 7) is 13.6. The molecule has 0 saturated carbocycles. The molecule has 1 atom stereocenters. The summed E-state index contributed by atoms with van der Waals surface area (Å²) in [7, 11) is 0. The fraction of sp³-hybridized carbons (Fsp3) is 0.714. The SMILES string of the molecule is CCCCCN1CCCC(COc2ccc(C(C)(C)C)cc2)C1. The zero-order valence-electron chi connectivity index (χ0n) is 15.6. The molecule has 1 saturated heterocycles. The minimum Gasteiger partial charge on any atom is -0.493 e. The van der Waals surface area contributed by atoms with Crippen LogP contribution in [-0.2, 0) is 5.41 Å². The van der Waals surface area contributed by atoms with Crippen molar-refractivity contribution in [3.63, 3.8) is 0 Å². The van der Waals surface area contributed by atoms with Crippen LogP contribution in [0.3, 0.4) is 0 Å². The first-order valence-corrected chi connectivity index (χ1v) is 9.44. The summed E-state index contributed by atoms with van der Waals surface area (Å²) < 4.78 is 6.06. The van der Waals surface area contributed by atoms with Crippen LogP contribution in [0.4, 0.5) is 0 Å². The van der Waals surface area contributed by atoms with E-state index < -0.39 is 0 Å². The lowest BCUT2D eigenvalue weighted by molar-refractivity contribution is 0.128. The molecule has 2 nitrogen and oxygen atoms in total. The molecule has 2 heteroatoms. The third-order valence-corrected chi connectivity index (χ3v) is 4.89. The van der Waals surface area contributed by atoms with Crippen LogP contribution in [0.5, 0.6) is 5.75 Å². The number of rotatable bonds is 7. The third-order valence-electron chi connectivity index (χ3n) is 4.89. The second-order valence-electron chi connectivity index (χ2n) is 8.10. The van der Waals surface area contributed by atoms with Gasteiger partial charge in [0.25, 0.3) is 0 Å². The fourth-order valence-electron chi connectivity index (χ4n) is 3.34. The number of ether oxygens (including phenoxy) is 1. The largest absolute Gasteiger partial charge is 0.493 e. The Kier molecular flexibility index (Phi) is 6.95. The maximum absolute atomic E-state index is 6.06. The molecule has 1 aliphatic heterocycles. The number of benzene rings is 1. The Morgan fingerprint density at radius 2 is 1.87 bits per heavy atom. The quantitative estimate of drug-likeness (QED) is 0.636. The van der Waals surface area contributed by atoms with Gasteiger partial charge in [0.1, 0.15) is 5.75 Å². The molecule has 1 fully saturated rings. The van der Waals surface area contributed by atoms with Gasteiger partial charge in [-0.15, -0.1) is 0 Å². The van der Waals surface area contributed by atoms with Crippen LogP contribution in [0.1, 0.15) is 65.4 Å². The normalized spacial score (nSPS) is 19.7. The standard InChI is InChI=1S/C21H35NO/c1-5-6-7-14-22-15-8-9-18(16-22)17-23-20-12-10-19(11-13-20)21(2,3)4/h10-13,18H,5-9,14-17H2,1-4H3. The third kappa shape index (κ3) is 6.18. The second-order valence-corrected chi connectivity index (χ2v) is 8.10. The molecule has 0 bridgehead atoms. The van der Waals surface area contributed by atoms with Crippen LogP contribution in [0.2, 0.25) is 0 Å². The predicted octanol–water partition coefficient (Wildman–Crippen LogP) is 5.27. The van der Waals surface area contributed by atoms with Crippen LogP contribution in [0.25, 0.3) is 0 Å². The van der Waals surface area contributed by atoms with Crippen LogP contribution in [0.15, 0.2) is 24.3 Å². The summed E-state index contributed by atoms with van der Waals surface area (Å²) in [5.41, 5.74) is 1.57. The number of nitrogens with zero attached hydrogens (tertiary/aromatic N) is 1. The van der Waals surface area contributed by atoms with Crippen molar-refractivity contribution in [2.75, 3.05) is 26.2 Å². The lowest BCUT2D eigenvalue weighted by Crippen LogP contribution is -2.38. The van der Waals surface area contributed by atoms with Gasteiger partial charge in [0.05, 0.1) is 6.61 Å². The fourth-order valence-corrected chi connectivity index (χ4v) is 3.34. The Balaban J connectivity index is 1.76. The Bertz CT molecular complexity index is 446. The van der Waals surface area contributed by atoms with Gasteiger partial charge in [-0.25, -0.2) is 0 Å². The highest BCUT2D eigenvalue weighted by Gasteiger charge is 2.20. The van der Waals surface area contributed by atoms with E-state index in [9.17, 15) is 0 Å². The van der Waals surface area contributed by atoms with Crippen LogP contribution in [-0.4, -0.2) is 31.1 Å². The van der Waals surface area contributed by atoms with E-state index in [0.29, 0.717) is 5.92 Å². The number of piperidine rings is 1. The summed E-state index contributed by atoms with van der Waals surface area (Å²) in [4.78, 5) is 2.63. The van der Waals surface area contributed by atoms with Gasteiger partial charge in [-0.3, -0.25) is 0 Å². The molecule has 1 aliphatic rings. The zero-order chi connectivity index (χ0) is 16.7. The van der Waals surface area contributed by atoms with Gasteiger partial charge in [-0.2, -0.15) is 0 Å². The summed E-state index contributed by atoms with van der Waals surface area (Å²) in [5, 5.41) is 0. The average Bonchev–Trinajstić information content (AvgIpc) is 2.53. The molecule has 2 rings (SSSR count). The van der Waals surface area contributed by atoms with E-state index in [-0.39, 0.29) is 5.41 Å². The van der Waals surface area contributed by atoms with E-state index in [4.69, 9.17) is 4.74 Å². The summed E-state index contributed by atoms with van der Waals surface area (Å²) >= 11 is 0.